The Morgan fingerprint density at radius 2 is 2.22 bits per heavy atom. The van der Waals surface area contributed by atoms with Crippen molar-refractivity contribution in [2.75, 3.05) is 7.11 Å². The number of methoxy groups -OCH3 is 1. The Morgan fingerprint density at radius 3 is 2.72 bits per heavy atom. The van der Waals surface area contributed by atoms with Crippen LogP contribution in [0.1, 0.15) is 33.6 Å². The Bertz CT molecular complexity index is 381. The molecule has 0 amide bonds. The highest BCUT2D eigenvalue weighted by Crippen LogP contribution is 2.50. The Labute approximate surface area is 105 Å². The minimum absolute atomic E-state index is 0.0402. The lowest BCUT2D eigenvalue weighted by molar-refractivity contribution is -0.408. The zero-order valence-electron chi connectivity index (χ0n) is 11.0. The zero-order chi connectivity index (χ0) is 13.6. The monoisotopic (exact) mass is 258 g/mol. The molecular weight excluding hydrogens is 240 g/mol. The van der Waals surface area contributed by atoms with Gasteiger partial charge < -0.3 is 9.47 Å². The third kappa shape index (κ3) is 2.15. The molecule has 4 atom stereocenters. The predicted molar refractivity (Wildman–Crippen MR) is 59.3 cm³/mol. The van der Waals surface area contributed by atoms with E-state index in [0.717, 1.165) is 0 Å². The number of rotatable bonds is 4. The van der Waals surface area contributed by atoms with E-state index in [1.807, 2.05) is 0 Å². The molecule has 1 saturated heterocycles. The molecule has 2 aliphatic rings. The fraction of sp³-hybridized carbons (Fsp3) is 0.833. The summed E-state index contributed by atoms with van der Waals surface area (Å²) >= 11 is 0. The van der Waals surface area contributed by atoms with Crippen LogP contribution in [0.4, 0.5) is 0 Å². The molecular formula is C12H18O6. The molecule has 6 nitrogen and oxygen atoms in total. The Balaban J connectivity index is 2.04. The number of hydrogen-bond donors (Lipinski definition) is 0. The van der Waals surface area contributed by atoms with Crippen LogP contribution in [-0.2, 0) is 28.8 Å². The molecule has 0 spiro atoms. The van der Waals surface area contributed by atoms with E-state index < -0.39 is 17.4 Å². The van der Waals surface area contributed by atoms with Crippen LogP contribution >= 0.6 is 0 Å². The van der Waals surface area contributed by atoms with Crippen molar-refractivity contribution in [2.45, 2.75) is 51.1 Å². The lowest BCUT2D eigenvalue weighted by atomic mass is 9.78. The lowest BCUT2D eigenvalue weighted by Gasteiger charge is -2.35. The largest absolute Gasteiger partial charge is 0.358 e. The van der Waals surface area contributed by atoms with Crippen LogP contribution in [0, 0.1) is 5.92 Å². The summed E-state index contributed by atoms with van der Waals surface area (Å²) in [5.41, 5.74) is -0.618. The number of carbonyl (C=O) groups is 2. The van der Waals surface area contributed by atoms with Gasteiger partial charge in [0.15, 0.2) is 5.78 Å². The molecule has 2 unspecified atom stereocenters. The number of epoxide rings is 1. The first-order chi connectivity index (χ1) is 8.32. The van der Waals surface area contributed by atoms with Gasteiger partial charge in [-0.3, -0.25) is 9.68 Å². The average molecular weight is 258 g/mol. The van der Waals surface area contributed by atoms with Crippen LogP contribution in [0.15, 0.2) is 0 Å². The van der Waals surface area contributed by atoms with E-state index >= 15 is 0 Å². The summed E-state index contributed by atoms with van der Waals surface area (Å²) in [6, 6.07) is 0. The number of ether oxygens (including phenoxy) is 2. The van der Waals surface area contributed by atoms with Crippen molar-refractivity contribution in [3.8, 4) is 0 Å². The minimum atomic E-state index is -1.13. The fourth-order valence-corrected chi connectivity index (χ4v) is 2.36. The Kier molecular flexibility index (Phi) is 3.21. The first kappa shape index (κ1) is 13.5. The fourth-order valence-electron chi connectivity index (χ4n) is 2.36. The molecule has 0 bridgehead atoms. The van der Waals surface area contributed by atoms with E-state index in [1.54, 1.807) is 13.8 Å². The maximum absolute atomic E-state index is 11.9. The van der Waals surface area contributed by atoms with Crippen LogP contribution in [0.3, 0.4) is 0 Å². The predicted octanol–water partition coefficient (Wildman–Crippen LogP) is 0.980. The van der Waals surface area contributed by atoms with Gasteiger partial charge in [0.05, 0.1) is 6.10 Å². The van der Waals surface area contributed by atoms with Gasteiger partial charge in [-0.05, 0) is 20.3 Å². The van der Waals surface area contributed by atoms with Crippen LogP contribution in [0.25, 0.3) is 0 Å². The quantitative estimate of drug-likeness (QED) is 0.324. The molecule has 0 aromatic rings. The zero-order valence-corrected chi connectivity index (χ0v) is 11.0. The van der Waals surface area contributed by atoms with Gasteiger partial charge in [-0.2, -0.15) is 0 Å². The van der Waals surface area contributed by atoms with Crippen molar-refractivity contribution in [3.05, 3.63) is 0 Å². The number of ketones is 1. The molecule has 1 aliphatic heterocycles. The second kappa shape index (κ2) is 4.29. The molecule has 2 fully saturated rings. The van der Waals surface area contributed by atoms with E-state index in [-0.39, 0.29) is 17.8 Å². The maximum Gasteiger partial charge on any atom is 0.339 e. The topological polar surface area (TPSA) is 74.4 Å². The van der Waals surface area contributed by atoms with Crippen molar-refractivity contribution in [1.82, 2.24) is 0 Å². The summed E-state index contributed by atoms with van der Waals surface area (Å²) < 4.78 is 10.7. The maximum atomic E-state index is 11.9. The van der Waals surface area contributed by atoms with Crippen LogP contribution < -0.4 is 0 Å². The van der Waals surface area contributed by atoms with Crippen molar-refractivity contribution < 1.29 is 28.8 Å². The van der Waals surface area contributed by atoms with E-state index in [2.05, 4.69) is 4.89 Å². The van der Waals surface area contributed by atoms with Gasteiger partial charge in [0.1, 0.15) is 5.60 Å². The molecule has 1 aliphatic carbocycles. The minimum Gasteiger partial charge on any atom is -0.358 e. The highest BCUT2D eigenvalue weighted by atomic mass is 17.2. The second-order valence-electron chi connectivity index (χ2n) is 5.15. The van der Waals surface area contributed by atoms with E-state index in [1.165, 1.54) is 14.0 Å². The summed E-state index contributed by atoms with van der Waals surface area (Å²) in [6.07, 6.45) is 0.853. The molecule has 2 rings (SSSR count). The van der Waals surface area contributed by atoms with Crippen LogP contribution in [-0.4, -0.2) is 36.4 Å². The average Bonchev–Trinajstić information content (AvgIpc) is 2.99. The third-order valence-electron chi connectivity index (χ3n) is 3.90. The second-order valence-corrected chi connectivity index (χ2v) is 5.15. The molecule has 0 N–H and O–H groups in total. The van der Waals surface area contributed by atoms with Crippen molar-refractivity contribution in [1.29, 1.82) is 0 Å². The van der Waals surface area contributed by atoms with Crippen molar-refractivity contribution in [3.63, 3.8) is 0 Å². The molecule has 0 radical (unpaired) electrons. The molecule has 0 aromatic heterocycles. The van der Waals surface area contributed by atoms with E-state index in [9.17, 15) is 9.59 Å². The van der Waals surface area contributed by atoms with Gasteiger partial charge in [0.25, 0.3) is 0 Å². The van der Waals surface area contributed by atoms with Gasteiger partial charge in [0.2, 0.25) is 5.79 Å². The first-order valence-corrected chi connectivity index (χ1v) is 5.94. The smallest absolute Gasteiger partial charge is 0.339 e. The van der Waals surface area contributed by atoms with E-state index in [4.69, 9.17) is 14.4 Å². The van der Waals surface area contributed by atoms with Gasteiger partial charge >= 0.3 is 5.97 Å². The molecule has 6 heteroatoms. The highest BCUT2D eigenvalue weighted by Gasteiger charge is 2.64. The lowest BCUT2D eigenvalue weighted by Crippen LogP contribution is -2.46. The SMILES string of the molecule is COC(C)(OOC(C)=O)[C@@H]1CC(=O)[C@@]2(C)OC2C1. The summed E-state index contributed by atoms with van der Waals surface area (Å²) in [6.45, 7) is 4.69. The normalized spacial score (nSPS) is 37.7. The summed E-state index contributed by atoms with van der Waals surface area (Å²) in [5, 5.41) is 0. The number of fused-ring (bicyclic) bond motifs is 1. The molecule has 102 valence electrons. The van der Waals surface area contributed by atoms with Gasteiger partial charge in [-0.25, -0.2) is 4.79 Å². The molecule has 0 aromatic carbocycles. The van der Waals surface area contributed by atoms with Gasteiger partial charge in [-0.1, -0.05) is 0 Å². The summed E-state index contributed by atoms with van der Waals surface area (Å²) in [4.78, 5) is 32.3. The number of carbonyl (C=O) groups excluding carboxylic acids is 2. The van der Waals surface area contributed by atoms with Crippen molar-refractivity contribution in [2.24, 2.45) is 5.92 Å². The van der Waals surface area contributed by atoms with Crippen LogP contribution in [0.5, 0.6) is 0 Å². The Morgan fingerprint density at radius 1 is 1.56 bits per heavy atom. The third-order valence-corrected chi connectivity index (χ3v) is 3.90. The number of hydrogen-bond acceptors (Lipinski definition) is 6. The molecule has 18 heavy (non-hydrogen) atoms. The highest BCUT2D eigenvalue weighted by molar-refractivity contribution is 5.91. The first-order valence-electron chi connectivity index (χ1n) is 5.94. The van der Waals surface area contributed by atoms with E-state index in [0.29, 0.717) is 12.8 Å². The summed E-state index contributed by atoms with van der Waals surface area (Å²) in [5.74, 6) is -1.85. The molecule has 1 heterocycles. The van der Waals surface area contributed by atoms with Crippen molar-refractivity contribution >= 4 is 11.8 Å². The number of Topliss-reactive ketones (excluding diaryl/α,β-unsaturated/α-hetero) is 1. The summed E-state index contributed by atoms with van der Waals surface area (Å²) in [7, 11) is 1.45. The Hall–Kier alpha value is -0.980. The van der Waals surface area contributed by atoms with Crippen LogP contribution in [0.2, 0.25) is 0 Å². The molecule has 1 saturated carbocycles. The van der Waals surface area contributed by atoms with Gasteiger partial charge in [-0.15, -0.1) is 4.89 Å². The standard InChI is InChI=1S/C12H18O6/c1-7(13)17-18-12(3,15-4)8-5-9(14)11(2)10(6-8)16-11/h8,10H,5-6H2,1-4H3/t8-,10?,11-,12?/m1/s1. The van der Waals surface area contributed by atoms with Gasteiger partial charge in [0, 0.05) is 26.4 Å².